The number of esters is 1. The third-order valence-electron chi connectivity index (χ3n) is 3.06. The highest BCUT2D eigenvalue weighted by atomic mass is 19.1. The van der Waals surface area contributed by atoms with E-state index >= 15 is 0 Å². The minimum atomic E-state index is -0.484. The predicted octanol–water partition coefficient (Wildman–Crippen LogP) is 3.95. The van der Waals surface area contributed by atoms with Crippen LogP contribution in [0.15, 0.2) is 60.4 Å². The van der Waals surface area contributed by atoms with E-state index in [9.17, 15) is 13.6 Å². The summed E-state index contributed by atoms with van der Waals surface area (Å²) in [4.78, 5) is 11.5. The zero-order valence-corrected chi connectivity index (χ0v) is 10.8. The standard InChI is InChI=1S/C17H10F2O2/c18-13-5-1-11(2-6-13)9-16-15(10-17(20)21-16)12-3-7-14(19)8-4-12/h1-10H. The third kappa shape index (κ3) is 2.89. The average molecular weight is 284 g/mol. The molecule has 104 valence electrons. The van der Waals surface area contributed by atoms with E-state index in [1.807, 2.05) is 0 Å². The quantitative estimate of drug-likeness (QED) is 0.781. The lowest BCUT2D eigenvalue weighted by molar-refractivity contribution is -0.132. The van der Waals surface area contributed by atoms with Gasteiger partial charge in [0, 0.05) is 11.6 Å². The van der Waals surface area contributed by atoms with Gasteiger partial charge >= 0.3 is 5.97 Å². The molecular formula is C17H10F2O2. The summed E-state index contributed by atoms with van der Waals surface area (Å²) < 4.78 is 31.0. The van der Waals surface area contributed by atoms with Crippen molar-refractivity contribution in [1.29, 1.82) is 0 Å². The van der Waals surface area contributed by atoms with Crippen molar-refractivity contribution in [2.75, 3.05) is 0 Å². The lowest BCUT2D eigenvalue weighted by Crippen LogP contribution is -1.92. The summed E-state index contributed by atoms with van der Waals surface area (Å²) in [5, 5.41) is 0. The van der Waals surface area contributed by atoms with Crippen LogP contribution in [-0.4, -0.2) is 5.97 Å². The van der Waals surface area contributed by atoms with E-state index in [4.69, 9.17) is 4.74 Å². The van der Waals surface area contributed by atoms with Crippen LogP contribution < -0.4 is 0 Å². The van der Waals surface area contributed by atoms with Gasteiger partial charge in [-0.1, -0.05) is 24.3 Å². The molecule has 0 saturated heterocycles. The number of hydrogen-bond donors (Lipinski definition) is 0. The van der Waals surface area contributed by atoms with E-state index in [2.05, 4.69) is 0 Å². The number of halogens is 2. The zero-order chi connectivity index (χ0) is 14.8. The number of carbonyl (C=O) groups excluding carboxylic acids is 1. The first-order valence-corrected chi connectivity index (χ1v) is 6.29. The maximum Gasteiger partial charge on any atom is 0.336 e. The average Bonchev–Trinajstić information content (AvgIpc) is 2.83. The van der Waals surface area contributed by atoms with E-state index in [0.29, 0.717) is 22.5 Å². The highest BCUT2D eigenvalue weighted by Gasteiger charge is 2.21. The Labute approximate surface area is 120 Å². The summed E-state index contributed by atoms with van der Waals surface area (Å²) in [6.07, 6.45) is 2.99. The molecule has 0 spiro atoms. The smallest absolute Gasteiger partial charge is 0.336 e. The molecule has 0 radical (unpaired) electrons. The van der Waals surface area contributed by atoms with Crippen LogP contribution in [0.5, 0.6) is 0 Å². The van der Waals surface area contributed by atoms with Gasteiger partial charge in [0.05, 0.1) is 0 Å². The molecule has 21 heavy (non-hydrogen) atoms. The van der Waals surface area contributed by atoms with Crippen LogP contribution in [0, 0.1) is 11.6 Å². The highest BCUT2D eigenvalue weighted by molar-refractivity contribution is 6.03. The fraction of sp³-hybridized carbons (Fsp3) is 0. The molecule has 0 bridgehead atoms. The van der Waals surface area contributed by atoms with Gasteiger partial charge in [-0.2, -0.15) is 0 Å². The summed E-state index contributed by atoms with van der Waals surface area (Å²) >= 11 is 0. The lowest BCUT2D eigenvalue weighted by atomic mass is 10.0. The Kier molecular flexibility index (Phi) is 3.36. The maximum absolute atomic E-state index is 13.0. The Morgan fingerprint density at radius 1 is 0.857 bits per heavy atom. The molecular weight excluding hydrogens is 274 g/mol. The first kappa shape index (κ1) is 13.2. The van der Waals surface area contributed by atoms with E-state index in [0.717, 1.165) is 0 Å². The molecule has 0 fully saturated rings. The molecule has 1 aliphatic heterocycles. The van der Waals surface area contributed by atoms with Crippen molar-refractivity contribution in [1.82, 2.24) is 0 Å². The van der Waals surface area contributed by atoms with Crippen molar-refractivity contribution in [2.24, 2.45) is 0 Å². The van der Waals surface area contributed by atoms with Crippen molar-refractivity contribution in [3.63, 3.8) is 0 Å². The molecule has 1 aliphatic rings. The molecule has 0 atom stereocenters. The summed E-state index contributed by atoms with van der Waals surface area (Å²) in [5.74, 6) is -0.815. The van der Waals surface area contributed by atoms with Crippen LogP contribution in [0.1, 0.15) is 11.1 Å². The molecule has 0 N–H and O–H groups in total. The largest absolute Gasteiger partial charge is 0.423 e. The van der Waals surface area contributed by atoms with Crippen molar-refractivity contribution in [3.05, 3.63) is 83.1 Å². The van der Waals surface area contributed by atoms with Crippen LogP contribution in [0.4, 0.5) is 8.78 Å². The topological polar surface area (TPSA) is 26.3 Å². The number of benzene rings is 2. The molecule has 0 amide bonds. The third-order valence-corrected chi connectivity index (χ3v) is 3.06. The molecule has 1 heterocycles. The fourth-order valence-electron chi connectivity index (χ4n) is 2.05. The first-order valence-electron chi connectivity index (χ1n) is 6.29. The van der Waals surface area contributed by atoms with Gasteiger partial charge in [0.15, 0.2) is 0 Å². The van der Waals surface area contributed by atoms with Crippen molar-refractivity contribution in [3.8, 4) is 0 Å². The monoisotopic (exact) mass is 284 g/mol. The molecule has 3 rings (SSSR count). The van der Waals surface area contributed by atoms with Gasteiger partial charge in [0.1, 0.15) is 17.4 Å². The van der Waals surface area contributed by atoms with Gasteiger partial charge in [-0.25, -0.2) is 13.6 Å². The number of ether oxygens (including phenoxy) is 1. The molecule has 0 unspecified atom stereocenters. The molecule has 4 heteroatoms. The Morgan fingerprint density at radius 2 is 1.43 bits per heavy atom. The van der Waals surface area contributed by atoms with Gasteiger partial charge in [0.25, 0.3) is 0 Å². The summed E-state index contributed by atoms with van der Waals surface area (Å²) in [5.41, 5.74) is 1.95. The number of cyclic esters (lactones) is 1. The number of allylic oxidation sites excluding steroid dienone is 1. The van der Waals surface area contributed by atoms with Gasteiger partial charge in [-0.3, -0.25) is 0 Å². The van der Waals surface area contributed by atoms with Gasteiger partial charge in [-0.05, 0) is 41.5 Å². The van der Waals surface area contributed by atoms with Crippen LogP contribution >= 0.6 is 0 Å². The predicted molar refractivity (Wildman–Crippen MR) is 74.8 cm³/mol. The Bertz CT molecular complexity index is 741. The number of carbonyl (C=O) groups is 1. The first-order chi connectivity index (χ1) is 10.1. The summed E-state index contributed by atoms with van der Waals surface area (Å²) in [7, 11) is 0. The zero-order valence-electron chi connectivity index (χ0n) is 10.8. The van der Waals surface area contributed by atoms with Crippen LogP contribution in [0.2, 0.25) is 0 Å². The fourth-order valence-corrected chi connectivity index (χ4v) is 2.05. The van der Waals surface area contributed by atoms with Crippen LogP contribution in [0.3, 0.4) is 0 Å². The Morgan fingerprint density at radius 3 is 2.05 bits per heavy atom. The number of hydrogen-bond acceptors (Lipinski definition) is 2. The van der Waals surface area contributed by atoms with Gasteiger partial charge < -0.3 is 4.74 Å². The molecule has 2 aromatic carbocycles. The maximum atomic E-state index is 13.0. The molecule has 2 nitrogen and oxygen atoms in total. The van der Waals surface area contributed by atoms with Crippen molar-refractivity contribution < 1.29 is 18.3 Å². The minimum Gasteiger partial charge on any atom is -0.423 e. The molecule has 2 aromatic rings. The van der Waals surface area contributed by atoms with E-state index < -0.39 is 5.97 Å². The second-order valence-corrected chi connectivity index (χ2v) is 4.55. The van der Waals surface area contributed by atoms with Gasteiger partial charge in [-0.15, -0.1) is 0 Å². The normalized spacial score (nSPS) is 16.0. The van der Waals surface area contributed by atoms with Crippen molar-refractivity contribution >= 4 is 17.6 Å². The second-order valence-electron chi connectivity index (χ2n) is 4.55. The second kappa shape index (κ2) is 5.32. The molecule has 0 aliphatic carbocycles. The van der Waals surface area contributed by atoms with Crippen LogP contribution in [-0.2, 0) is 9.53 Å². The highest BCUT2D eigenvalue weighted by Crippen LogP contribution is 2.31. The molecule has 0 aromatic heterocycles. The van der Waals surface area contributed by atoms with Crippen LogP contribution in [0.25, 0.3) is 11.6 Å². The SMILES string of the molecule is O=C1C=C(c2ccc(F)cc2)C(=Cc2ccc(F)cc2)O1. The number of rotatable bonds is 2. The van der Waals surface area contributed by atoms with Gasteiger partial charge in [0.2, 0.25) is 0 Å². The minimum absolute atomic E-state index is 0.338. The summed E-state index contributed by atoms with van der Waals surface area (Å²) in [6.45, 7) is 0. The van der Waals surface area contributed by atoms with E-state index in [-0.39, 0.29) is 11.6 Å². The van der Waals surface area contributed by atoms with Crippen molar-refractivity contribution in [2.45, 2.75) is 0 Å². The lowest BCUT2D eigenvalue weighted by Gasteiger charge is -2.05. The van der Waals surface area contributed by atoms with E-state index in [1.54, 1.807) is 30.3 Å². The van der Waals surface area contributed by atoms with E-state index in [1.165, 1.54) is 30.3 Å². The Hall–Kier alpha value is -2.75. The Balaban J connectivity index is 1.98. The summed E-state index contributed by atoms with van der Waals surface area (Å²) in [6, 6.07) is 11.6. The molecule has 0 saturated carbocycles.